The van der Waals surface area contributed by atoms with E-state index >= 15 is 0 Å². The number of halogens is 2. The van der Waals surface area contributed by atoms with Crippen LogP contribution in [0, 0.1) is 18.7 Å². The topological polar surface area (TPSA) is 78.5 Å². The number of thioether (sulfide) groups is 1. The lowest BCUT2D eigenvalue weighted by atomic mass is 9.79. The number of hydrogen-bond acceptors (Lipinski definition) is 5. The second-order valence-corrected chi connectivity index (χ2v) is 19.0. The SMILES string of the molecule is C=S(C)c1ccc(C(C)(C)C2=CCC(C)=C(SCc3ccc(S(=O)(=O)NC(=O)NC(C)C4CCCCC4)cc3Cl)N2c2ccc(F)c(C)c2)cc1. The van der Waals surface area contributed by atoms with Crippen molar-refractivity contribution in [3.8, 4) is 0 Å². The molecule has 0 bridgehead atoms. The number of hydrogen-bond donors (Lipinski definition) is 2. The summed E-state index contributed by atoms with van der Waals surface area (Å²) in [6, 6.07) is 17.5. The summed E-state index contributed by atoms with van der Waals surface area (Å²) in [5.41, 5.74) is 5.14. The van der Waals surface area contributed by atoms with E-state index in [0.717, 1.165) is 65.2 Å². The van der Waals surface area contributed by atoms with Gasteiger partial charge in [-0.1, -0.05) is 74.9 Å². The number of rotatable bonds is 11. The van der Waals surface area contributed by atoms with Gasteiger partial charge >= 0.3 is 6.03 Å². The Kier molecular flexibility index (Phi) is 12.5. The first-order valence-corrected chi connectivity index (χ1v) is 22.0. The van der Waals surface area contributed by atoms with Gasteiger partial charge in [-0.15, -0.1) is 11.8 Å². The predicted molar refractivity (Wildman–Crippen MR) is 215 cm³/mol. The van der Waals surface area contributed by atoms with Crippen LogP contribution in [0.4, 0.5) is 14.9 Å². The Balaban J connectivity index is 1.37. The van der Waals surface area contributed by atoms with Crippen molar-refractivity contribution in [1.82, 2.24) is 10.0 Å². The molecule has 1 aliphatic heterocycles. The molecule has 2 unspecified atom stereocenters. The molecule has 2 aliphatic rings. The van der Waals surface area contributed by atoms with Crippen LogP contribution in [0.25, 0.3) is 0 Å². The van der Waals surface area contributed by atoms with Crippen molar-refractivity contribution in [2.24, 2.45) is 5.92 Å². The number of allylic oxidation sites excluding steroid dienone is 3. The predicted octanol–water partition coefficient (Wildman–Crippen LogP) is 10.7. The number of carbonyl (C=O) groups is 1. The number of benzene rings is 3. The molecule has 6 nitrogen and oxygen atoms in total. The van der Waals surface area contributed by atoms with Gasteiger partial charge in [-0.05, 0) is 117 Å². The van der Waals surface area contributed by atoms with Gasteiger partial charge in [-0.2, -0.15) is 10.5 Å². The zero-order valence-corrected chi connectivity index (χ0v) is 33.5. The second kappa shape index (κ2) is 16.3. The Morgan fingerprint density at radius 1 is 1.08 bits per heavy atom. The molecular weight excluding hydrogens is 721 g/mol. The van der Waals surface area contributed by atoms with E-state index in [-0.39, 0.29) is 32.3 Å². The van der Waals surface area contributed by atoms with Crippen LogP contribution in [0.15, 0.2) is 92.8 Å². The highest BCUT2D eigenvalue weighted by Crippen LogP contribution is 2.46. The lowest BCUT2D eigenvalue weighted by Crippen LogP contribution is -2.46. The molecule has 1 heterocycles. The summed E-state index contributed by atoms with van der Waals surface area (Å²) in [5.74, 6) is 4.73. The van der Waals surface area contributed by atoms with Crippen LogP contribution in [-0.2, 0) is 21.2 Å². The summed E-state index contributed by atoms with van der Waals surface area (Å²) in [7, 11) is -4.23. The number of aryl methyl sites for hydroxylation is 1. The maximum absolute atomic E-state index is 14.5. The smallest absolute Gasteiger partial charge is 0.328 e. The van der Waals surface area contributed by atoms with Crippen LogP contribution in [-0.4, -0.2) is 32.6 Å². The van der Waals surface area contributed by atoms with Crippen LogP contribution in [0.3, 0.4) is 0 Å². The van der Waals surface area contributed by atoms with Crippen LogP contribution >= 0.6 is 33.8 Å². The third-order valence-corrected chi connectivity index (χ3v) is 14.1. The average Bonchev–Trinajstić information content (AvgIpc) is 3.09. The number of urea groups is 1. The van der Waals surface area contributed by atoms with Gasteiger partial charge in [0.15, 0.2) is 0 Å². The monoisotopic (exact) mass is 769 g/mol. The molecule has 5 rings (SSSR count). The van der Waals surface area contributed by atoms with E-state index in [1.807, 2.05) is 19.1 Å². The highest BCUT2D eigenvalue weighted by Gasteiger charge is 2.35. The van der Waals surface area contributed by atoms with E-state index in [9.17, 15) is 17.6 Å². The molecule has 0 aromatic heterocycles. The summed E-state index contributed by atoms with van der Waals surface area (Å²) >= 11 is 8.33. The fraction of sp³-hybridized carbons (Fsp3) is 0.400. The first-order valence-electron chi connectivity index (χ1n) is 17.4. The summed E-state index contributed by atoms with van der Waals surface area (Å²) in [6.45, 7) is 10.2. The molecule has 0 radical (unpaired) electrons. The van der Waals surface area contributed by atoms with E-state index in [4.69, 9.17) is 11.6 Å². The van der Waals surface area contributed by atoms with Gasteiger partial charge in [0, 0.05) is 38.5 Å². The first-order chi connectivity index (χ1) is 24.1. The standard InChI is InChI=1S/C40H49ClFN3O3S3/c1-26-13-22-37(40(4,5)31-15-18-33(19-16-31)50(6)7)45(32-17-21-36(42)27(2)23-32)38(26)49-25-30-14-20-34(24-35(30)41)51(47,48)44-39(46)43-28(3)29-11-9-8-10-12-29/h14-24,28-29H,6,8-13,25H2,1-5,7H3,(H2,43,44,46). The van der Waals surface area contributed by atoms with Crippen molar-refractivity contribution in [3.05, 3.63) is 111 Å². The molecule has 2 amide bonds. The zero-order valence-electron chi connectivity index (χ0n) is 30.3. The molecule has 51 heavy (non-hydrogen) atoms. The fourth-order valence-corrected chi connectivity index (χ4v) is 9.99. The fourth-order valence-electron chi connectivity index (χ4n) is 6.85. The van der Waals surface area contributed by atoms with Crippen LogP contribution < -0.4 is 14.9 Å². The third kappa shape index (κ3) is 9.13. The van der Waals surface area contributed by atoms with E-state index in [0.29, 0.717) is 17.2 Å². The minimum atomic E-state index is -4.14. The molecule has 0 saturated heterocycles. The van der Waals surface area contributed by atoms with Gasteiger partial charge < -0.3 is 10.2 Å². The zero-order chi connectivity index (χ0) is 37.1. The van der Waals surface area contributed by atoms with Crippen LogP contribution in [0.5, 0.6) is 0 Å². The van der Waals surface area contributed by atoms with Gasteiger partial charge in [0.05, 0.1) is 9.92 Å². The Hall–Kier alpha value is -3.05. The summed E-state index contributed by atoms with van der Waals surface area (Å²) in [6.07, 6.45) is 10.6. The molecule has 2 N–H and O–H groups in total. The van der Waals surface area contributed by atoms with E-state index in [1.165, 1.54) is 29.5 Å². The van der Waals surface area contributed by atoms with E-state index in [2.05, 4.69) is 78.2 Å². The van der Waals surface area contributed by atoms with Crippen molar-refractivity contribution in [2.45, 2.75) is 100 Å². The summed E-state index contributed by atoms with van der Waals surface area (Å²) < 4.78 is 43.0. The molecular formula is C40H49ClFN3O3S3. The highest BCUT2D eigenvalue weighted by molar-refractivity contribution is 8.13. The number of sulfonamides is 1. The maximum Gasteiger partial charge on any atom is 0.328 e. The number of carbonyl (C=O) groups excluding carboxylic acids is 1. The molecule has 11 heteroatoms. The van der Waals surface area contributed by atoms with Crippen molar-refractivity contribution < 1.29 is 17.6 Å². The van der Waals surface area contributed by atoms with E-state index in [1.54, 1.807) is 24.8 Å². The molecule has 3 aromatic rings. The number of amides is 2. The quantitative estimate of drug-likeness (QED) is 0.190. The van der Waals surface area contributed by atoms with Crippen molar-refractivity contribution in [3.63, 3.8) is 0 Å². The second-order valence-electron chi connectivity index (χ2n) is 14.2. The number of nitrogens with zero attached hydrogens (tertiary/aromatic N) is 1. The van der Waals surface area contributed by atoms with Gasteiger partial charge in [-0.3, -0.25) is 0 Å². The Morgan fingerprint density at radius 3 is 2.39 bits per heavy atom. The first kappa shape index (κ1) is 39.2. The molecule has 1 saturated carbocycles. The molecule has 0 spiro atoms. The molecule has 1 aliphatic carbocycles. The molecule has 1 fully saturated rings. The highest BCUT2D eigenvalue weighted by atomic mass is 35.5. The minimum Gasteiger partial charge on any atom is -0.335 e. The van der Waals surface area contributed by atoms with Gasteiger partial charge in [0.25, 0.3) is 10.0 Å². The minimum absolute atomic E-state index is 0.0787. The van der Waals surface area contributed by atoms with Crippen molar-refractivity contribution >= 4 is 61.5 Å². The van der Waals surface area contributed by atoms with Crippen LogP contribution in [0.2, 0.25) is 5.02 Å². The molecule has 2 atom stereocenters. The number of nitrogens with one attached hydrogen (secondary N) is 2. The van der Waals surface area contributed by atoms with Crippen LogP contribution in [0.1, 0.15) is 82.9 Å². The normalized spacial score (nSPS) is 17.2. The molecule has 274 valence electrons. The van der Waals surface area contributed by atoms with Gasteiger partial charge in [0.2, 0.25) is 0 Å². The average molecular weight is 771 g/mol. The van der Waals surface area contributed by atoms with E-state index < -0.39 is 21.5 Å². The Bertz CT molecular complexity index is 1970. The molecule has 3 aromatic carbocycles. The third-order valence-electron chi connectivity index (χ3n) is 10.1. The summed E-state index contributed by atoms with van der Waals surface area (Å²) in [4.78, 5) is 16.0. The Morgan fingerprint density at radius 2 is 1.76 bits per heavy atom. The number of anilines is 1. The Labute approximate surface area is 315 Å². The lowest BCUT2D eigenvalue weighted by Gasteiger charge is -2.42. The largest absolute Gasteiger partial charge is 0.335 e. The lowest BCUT2D eigenvalue weighted by molar-refractivity contribution is 0.229. The van der Waals surface area contributed by atoms with Gasteiger partial charge in [0.1, 0.15) is 5.82 Å². The van der Waals surface area contributed by atoms with Crippen molar-refractivity contribution in [2.75, 3.05) is 11.2 Å². The summed E-state index contributed by atoms with van der Waals surface area (Å²) in [5, 5.41) is 4.11. The maximum atomic E-state index is 14.5. The van der Waals surface area contributed by atoms with Crippen molar-refractivity contribution in [1.29, 1.82) is 0 Å². The van der Waals surface area contributed by atoms with Gasteiger partial charge in [-0.25, -0.2) is 22.3 Å².